The molecule has 2 aliphatic rings. The molecule has 0 N–H and O–H groups in total. The predicted octanol–water partition coefficient (Wildman–Crippen LogP) is 2.43. The minimum Gasteiger partial charge on any atom is -0.497 e. The summed E-state index contributed by atoms with van der Waals surface area (Å²) < 4.78 is 10.7. The first-order chi connectivity index (χ1) is 8.10. The zero-order chi connectivity index (χ0) is 12.1. The van der Waals surface area contributed by atoms with Crippen molar-refractivity contribution in [3.8, 4) is 5.75 Å². The largest absolute Gasteiger partial charge is 0.497 e. The van der Waals surface area contributed by atoms with E-state index in [2.05, 4.69) is 19.1 Å². The Hall–Kier alpha value is -1.51. The number of benzene rings is 1. The SMILES string of the molecule is COc1ccc([C@@]2(C)C[C@@]23CCC(=O)O3)cc1. The van der Waals surface area contributed by atoms with E-state index in [4.69, 9.17) is 9.47 Å². The van der Waals surface area contributed by atoms with Crippen molar-refractivity contribution in [3.05, 3.63) is 29.8 Å². The second-order valence-electron chi connectivity index (χ2n) is 5.21. The lowest BCUT2D eigenvalue weighted by atomic mass is 9.92. The number of hydrogen-bond donors (Lipinski definition) is 0. The van der Waals surface area contributed by atoms with Gasteiger partial charge in [0.05, 0.1) is 7.11 Å². The summed E-state index contributed by atoms with van der Waals surface area (Å²) in [5.74, 6) is 0.803. The van der Waals surface area contributed by atoms with E-state index in [1.807, 2.05) is 12.1 Å². The first kappa shape index (κ1) is 10.6. The van der Waals surface area contributed by atoms with Gasteiger partial charge >= 0.3 is 5.97 Å². The van der Waals surface area contributed by atoms with Crippen molar-refractivity contribution in [1.82, 2.24) is 0 Å². The molecule has 0 unspecified atom stereocenters. The molecule has 1 aliphatic heterocycles. The van der Waals surface area contributed by atoms with Crippen LogP contribution in [0.25, 0.3) is 0 Å². The van der Waals surface area contributed by atoms with Gasteiger partial charge in [-0.2, -0.15) is 0 Å². The quantitative estimate of drug-likeness (QED) is 0.735. The van der Waals surface area contributed by atoms with E-state index in [0.717, 1.165) is 18.6 Å². The van der Waals surface area contributed by atoms with Crippen molar-refractivity contribution in [3.63, 3.8) is 0 Å². The summed E-state index contributed by atoms with van der Waals surface area (Å²) in [4.78, 5) is 11.3. The summed E-state index contributed by atoms with van der Waals surface area (Å²) in [5, 5.41) is 0. The van der Waals surface area contributed by atoms with Crippen molar-refractivity contribution < 1.29 is 14.3 Å². The molecule has 3 rings (SSSR count). The molecule has 1 saturated carbocycles. The van der Waals surface area contributed by atoms with E-state index in [0.29, 0.717) is 6.42 Å². The molecule has 3 heteroatoms. The normalized spacial score (nSPS) is 34.8. The van der Waals surface area contributed by atoms with Crippen molar-refractivity contribution in [2.45, 2.75) is 37.2 Å². The van der Waals surface area contributed by atoms with Crippen LogP contribution in [0, 0.1) is 0 Å². The number of hydrogen-bond acceptors (Lipinski definition) is 3. The first-order valence-electron chi connectivity index (χ1n) is 5.96. The third-order valence-electron chi connectivity index (χ3n) is 4.29. The molecule has 1 heterocycles. The standard InChI is InChI=1S/C14H16O3/c1-13(9-14(13)8-7-12(15)17-14)10-3-5-11(16-2)6-4-10/h3-6H,7-9H2,1-2H3/t13-,14+/m1/s1. The average Bonchev–Trinajstić information content (AvgIpc) is 2.72. The molecule has 0 amide bonds. The van der Waals surface area contributed by atoms with Crippen molar-refractivity contribution >= 4 is 5.97 Å². The van der Waals surface area contributed by atoms with E-state index >= 15 is 0 Å². The molecule has 17 heavy (non-hydrogen) atoms. The van der Waals surface area contributed by atoms with Gasteiger partial charge in [-0.05, 0) is 24.1 Å². The van der Waals surface area contributed by atoms with E-state index in [-0.39, 0.29) is 17.0 Å². The summed E-state index contributed by atoms with van der Waals surface area (Å²) >= 11 is 0. The van der Waals surface area contributed by atoms with Crippen LogP contribution in [-0.4, -0.2) is 18.7 Å². The fourth-order valence-corrected chi connectivity index (χ4v) is 2.99. The van der Waals surface area contributed by atoms with Crippen molar-refractivity contribution in [2.75, 3.05) is 7.11 Å². The first-order valence-corrected chi connectivity index (χ1v) is 5.96. The highest BCUT2D eigenvalue weighted by Gasteiger charge is 2.70. The van der Waals surface area contributed by atoms with Crippen LogP contribution in [0.5, 0.6) is 5.75 Å². The summed E-state index contributed by atoms with van der Waals surface area (Å²) in [5.41, 5.74) is 0.998. The number of carbonyl (C=O) groups is 1. The van der Waals surface area contributed by atoms with Gasteiger partial charge in [0.15, 0.2) is 0 Å². The van der Waals surface area contributed by atoms with Crippen molar-refractivity contribution in [2.24, 2.45) is 0 Å². The topological polar surface area (TPSA) is 35.5 Å². The fraction of sp³-hybridized carbons (Fsp3) is 0.500. The fourth-order valence-electron chi connectivity index (χ4n) is 2.99. The number of rotatable bonds is 2. The molecule has 1 spiro atoms. The molecule has 2 fully saturated rings. The van der Waals surface area contributed by atoms with Gasteiger partial charge in [0.1, 0.15) is 11.4 Å². The Kier molecular flexibility index (Phi) is 2.03. The maximum atomic E-state index is 11.3. The van der Waals surface area contributed by atoms with E-state index < -0.39 is 0 Å². The highest BCUT2D eigenvalue weighted by atomic mass is 16.6. The maximum absolute atomic E-state index is 11.3. The van der Waals surface area contributed by atoms with Gasteiger partial charge in [-0.15, -0.1) is 0 Å². The number of methoxy groups -OCH3 is 1. The predicted molar refractivity (Wildman–Crippen MR) is 63.0 cm³/mol. The zero-order valence-corrected chi connectivity index (χ0v) is 10.2. The monoisotopic (exact) mass is 232 g/mol. The minimum atomic E-state index is -0.224. The molecule has 2 atom stereocenters. The average molecular weight is 232 g/mol. The lowest BCUT2D eigenvalue weighted by molar-refractivity contribution is -0.143. The van der Waals surface area contributed by atoms with Gasteiger partial charge < -0.3 is 9.47 Å². The minimum absolute atomic E-state index is 0.00850. The highest BCUT2D eigenvalue weighted by molar-refractivity contribution is 5.74. The van der Waals surface area contributed by atoms with Gasteiger partial charge in [-0.1, -0.05) is 19.1 Å². The lowest BCUT2D eigenvalue weighted by Crippen LogP contribution is -2.21. The molecule has 0 aromatic heterocycles. The third-order valence-corrected chi connectivity index (χ3v) is 4.29. The second-order valence-corrected chi connectivity index (χ2v) is 5.21. The van der Waals surface area contributed by atoms with Gasteiger partial charge in [-0.3, -0.25) is 4.79 Å². The van der Waals surface area contributed by atoms with Crippen LogP contribution in [-0.2, 0) is 14.9 Å². The van der Waals surface area contributed by atoms with Crippen LogP contribution >= 0.6 is 0 Å². The van der Waals surface area contributed by atoms with Gasteiger partial charge in [0.25, 0.3) is 0 Å². The van der Waals surface area contributed by atoms with Gasteiger partial charge in [0.2, 0.25) is 0 Å². The molecule has 1 saturated heterocycles. The maximum Gasteiger partial charge on any atom is 0.306 e. The molecule has 0 radical (unpaired) electrons. The Morgan fingerprint density at radius 3 is 2.53 bits per heavy atom. The number of esters is 1. The van der Waals surface area contributed by atoms with Crippen LogP contribution < -0.4 is 4.74 Å². The second kappa shape index (κ2) is 3.25. The summed E-state index contributed by atoms with van der Waals surface area (Å²) in [6.07, 6.45) is 2.36. The van der Waals surface area contributed by atoms with E-state index in [1.54, 1.807) is 7.11 Å². The molecule has 90 valence electrons. The van der Waals surface area contributed by atoms with Crippen LogP contribution in [0.3, 0.4) is 0 Å². The van der Waals surface area contributed by atoms with E-state index in [9.17, 15) is 4.79 Å². The van der Waals surface area contributed by atoms with Crippen LogP contribution in [0.15, 0.2) is 24.3 Å². The smallest absolute Gasteiger partial charge is 0.306 e. The molecular formula is C14H16O3. The Balaban J connectivity index is 1.87. The van der Waals surface area contributed by atoms with Crippen LogP contribution in [0.1, 0.15) is 31.7 Å². The van der Waals surface area contributed by atoms with Crippen molar-refractivity contribution in [1.29, 1.82) is 0 Å². The zero-order valence-electron chi connectivity index (χ0n) is 10.2. The molecule has 0 bridgehead atoms. The molecule has 1 aliphatic carbocycles. The van der Waals surface area contributed by atoms with Crippen LogP contribution in [0.4, 0.5) is 0 Å². The van der Waals surface area contributed by atoms with Gasteiger partial charge in [0, 0.05) is 18.3 Å². The van der Waals surface area contributed by atoms with Gasteiger partial charge in [-0.25, -0.2) is 0 Å². The van der Waals surface area contributed by atoms with Crippen LogP contribution in [0.2, 0.25) is 0 Å². The Morgan fingerprint density at radius 2 is 2.00 bits per heavy atom. The molecule has 3 nitrogen and oxygen atoms in total. The lowest BCUT2D eigenvalue weighted by Gasteiger charge is -2.17. The Labute approximate surface area is 101 Å². The molecule has 1 aromatic carbocycles. The third kappa shape index (κ3) is 1.38. The Morgan fingerprint density at radius 1 is 1.29 bits per heavy atom. The number of carbonyl (C=O) groups excluding carboxylic acids is 1. The Bertz CT molecular complexity index is 465. The highest BCUT2D eigenvalue weighted by Crippen LogP contribution is 2.64. The molecule has 1 aromatic rings. The number of ether oxygens (including phenoxy) is 2. The summed E-state index contributed by atoms with van der Waals surface area (Å²) in [7, 11) is 1.66. The summed E-state index contributed by atoms with van der Waals surface area (Å²) in [6.45, 7) is 2.17. The molecular weight excluding hydrogens is 216 g/mol. The summed E-state index contributed by atoms with van der Waals surface area (Å²) in [6, 6.07) is 8.06. The van der Waals surface area contributed by atoms with E-state index in [1.165, 1.54) is 5.56 Å².